The van der Waals surface area contributed by atoms with Crippen LogP contribution in [0, 0.1) is 5.92 Å². The predicted octanol–water partition coefficient (Wildman–Crippen LogP) is 3.39. The number of benzene rings is 1. The predicted molar refractivity (Wildman–Crippen MR) is 133 cm³/mol. The smallest absolute Gasteiger partial charge is 0.410 e. The zero-order valence-corrected chi connectivity index (χ0v) is 20.8. The van der Waals surface area contributed by atoms with Gasteiger partial charge in [-0.2, -0.15) is 0 Å². The number of amides is 2. The fraction of sp³-hybridized carbons (Fsp3) is 0.462. The summed E-state index contributed by atoms with van der Waals surface area (Å²) in [5.41, 5.74) is 3.21. The van der Waals surface area contributed by atoms with E-state index in [0.717, 1.165) is 22.7 Å². The highest BCUT2D eigenvalue weighted by molar-refractivity contribution is 6.31. The lowest BCUT2D eigenvalue weighted by Gasteiger charge is -2.37. The average Bonchev–Trinajstić information content (AvgIpc) is 3.23. The van der Waals surface area contributed by atoms with Gasteiger partial charge in [-0.15, -0.1) is 0 Å². The third kappa shape index (κ3) is 5.65. The van der Waals surface area contributed by atoms with E-state index < -0.39 is 6.10 Å². The SMILES string of the molecule is CCOC(=O)N1CCC2=C(NC3C=CC(Cl)=CC23)C1c1ccc(OCC(O)CNC(=O)CC)cc1. The number of hydrogen-bond donors (Lipinski definition) is 3. The first kappa shape index (κ1) is 25.1. The van der Waals surface area contributed by atoms with Crippen molar-refractivity contribution in [2.45, 2.75) is 44.9 Å². The van der Waals surface area contributed by atoms with Crippen LogP contribution in [0.2, 0.25) is 0 Å². The molecule has 0 bridgehead atoms. The Labute approximate surface area is 210 Å². The molecule has 0 aromatic heterocycles. The molecule has 0 radical (unpaired) electrons. The van der Waals surface area contributed by atoms with E-state index in [-0.39, 0.29) is 43.2 Å². The summed E-state index contributed by atoms with van der Waals surface area (Å²) in [6.45, 7) is 4.61. The van der Waals surface area contributed by atoms with E-state index in [4.69, 9.17) is 21.1 Å². The molecule has 1 aromatic carbocycles. The van der Waals surface area contributed by atoms with Crippen LogP contribution >= 0.6 is 11.6 Å². The van der Waals surface area contributed by atoms with Gasteiger partial charge in [0, 0.05) is 36.2 Å². The molecule has 3 N–H and O–H groups in total. The Balaban J connectivity index is 1.51. The number of aliphatic hydroxyl groups is 1. The first-order chi connectivity index (χ1) is 16.9. The van der Waals surface area contributed by atoms with Crippen molar-refractivity contribution in [1.82, 2.24) is 15.5 Å². The fourth-order valence-corrected chi connectivity index (χ4v) is 4.95. The van der Waals surface area contributed by atoms with Crippen molar-refractivity contribution in [3.8, 4) is 5.75 Å². The van der Waals surface area contributed by atoms with Gasteiger partial charge in [0.2, 0.25) is 5.91 Å². The quantitative estimate of drug-likeness (QED) is 0.505. The Kier molecular flexibility index (Phi) is 8.03. The zero-order valence-electron chi connectivity index (χ0n) is 20.0. The maximum absolute atomic E-state index is 12.8. The van der Waals surface area contributed by atoms with E-state index in [1.54, 1.807) is 18.7 Å². The Morgan fingerprint density at radius 2 is 2.06 bits per heavy atom. The van der Waals surface area contributed by atoms with Gasteiger partial charge in [0.15, 0.2) is 0 Å². The summed E-state index contributed by atoms with van der Waals surface area (Å²) in [6.07, 6.45) is 6.01. The van der Waals surface area contributed by atoms with E-state index in [2.05, 4.69) is 22.8 Å². The molecule has 0 fully saturated rings. The minimum Gasteiger partial charge on any atom is -0.491 e. The van der Waals surface area contributed by atoms with Crippen LogP contribution < -0.4 is 15.4 Å². The Bertz CT molecular complexity index is 1040. The van der Waals surface area contributed by atoms with Crippen LogP contribution in [-0.4, -0.2) is 60.5 Å². The van der Waals surface area contributed by atoms with Crippen molar-refractivity contribution in [2.75, 3.05) is 26.3 Å². The van der Waals surface area contributed by atoms with Gasteiger partial charge in [-0.25, -0.2) is 4.79 Å². The number of nitrogens with zero attached hydrogens (tertiary/aromatic N) is 1. The molecule has 2 heterocycles. The monoisotopic (exact) mass is 501 g/mol. The Morgan fingerprint density at radius 3 is 2.77 bits per heavy atom. The second kappa shape index (κ2) is 11.2. The number of hydrogen-bond acceptors (Lipinski definition) is 6. The topological polar surface area (TPSA) is 100 Å². The van der Waals surface area contributed by atoms with Crippen molar-refractivity contribution in [1.29, 1.82) is 0 Å². The summed E-state index contributed by atoms with van der Waals surface area (Å²) in [5, 5.41) is 17.0. The zero-order chi connectivity index (χ0) is 24.9. The number of aliphatic hydroxyl groups excluding tert-OH is 1. The second-order valence-corrected chi connectivity index (χ2v) is 9.22. The number of halogens is 1. The normalized spacial score (nSPS) is 23.6. The molecule has 188 valence electrons. The molecule has 0 spiro atoms. The van der Waals surface area contributed by atoms with Crippen LogP contribution in [0.4, 0.5) is 4.79 Å². The molecule has 4 atom stereocenters. The molecule has 1 aromatic rings. The van der Waals surface area contributed by atoms with Gasteiger partial charge in [0.25, 0.3) is 0 Å². The van der Waals surface area contributed by atoms with Gasteiger partial charge in [-0.3, -0.25) is 9.69 Å². The van der Waals surface area contributed by atoms with Gasteiger partial charge in [0.1, 0.15) is 24.5 Å². The number of fused-ring (bicyclic) bond motifs is 2. The number of carbonyl (C=O) groups is 2. The third-order valence-electron chi connectivity index (χ3n) is 6.46. The standard InChI is InChI=1S/C26H32ClN3O5/c1-3-23(32)28-14-18(31)15-35-19-8-5-16(6-9-19)25-24-20(11-12-30(25)26(33)34-4-2)21-13-17(27)7-10-22(21)29-24/h5-10,13,18,21-22,25,29,31H,3-4,11-12,14-15H2,1-2H3,(H,28,32). The van der Waals surface area contributed by atoms with Crippen molar-refractivity contribution < 1.29 is 24.2 Å². The van der Waals surface area contributed by atoms with E-state index >= 15 is 0 Å². The second-order valence-electron chi connectivity index (χ2n) is 8.78. The molecule has 0 saturated heterocycles. The molecule has 2 amide bonds. The molecule has 8 nitrogen and oxygen atoms in total. The third-order valence-corrected chi connectivity index (χ3v) is 6.71. The van der Waals surface area contributed by atoms with E-state index in [1.807, 2.05) is 30.3 Å². The van der Waals surface area contributed by atoms with Crippen LogP contribution in [0.5, 0.6) is 5.75 Å². The number of rotatable bonds is 8. The van der Waals surface area contributed by atoms with Gasteiger partial charge in [0.05, 0.1) is 12.6 Å². The molecule has 0 saturated carbocycles. The summed E-state index contributed by atoms with van der Waals surface area (Å²) in [7, 11) is 0. The highest BCUT2D eigenvalue weighted by atomic mass is 35.5. The van der Waals surface area contributed by atoms with Crippen molar-refractivity contribution in [3.05, 3.63) is 64.4 Å². The molecule has 1 aliphatic carbocycles. The molecule has 9 heteroatoms. The van der Waals surface area contributed by atoms with Gasteiger partial charge in [-0.05, 0) is 42.7 Å². The summed E-state index contributed by atoms with van der Waals surface area (Å²) in [4.78, 5) is 25.9. The molecule has 4 unspecified atom stereocenters. The average molecular weight is 502 g/mol. The van der Waals surface area contributed by atoms with Crippen LogP contribution in [0.25, 0.3) is 0 Å². The minimum atomic E-state index is -0.811. The lowest BCUT2D eigenvalue weighted by Crippen LogP contribution is -2.42. The fourth-order valence-electron chi connectivity index (χ4n) is 4.74. The van der Waals surface area contributed by atoms with Crippen LogP contribution in [0.3, 0.4) is 0 Å². The largest absolute Gasteiger partial charge is 0.491 e. The molecule has 2 aliphatic heterocycles. The van der Waals surface area contributed by atoms with E-state index in [0.29, 0.717) is 25.3 Å². The maximum atomic E-state index is 12.8. The summed E-state index contributed by atoms with van der Waals surface area (Å²) in [5.74, 6) is 0.647. The van der Waals surface area contributed by atoms with Gasteiger partial charge < -0.3 is 25.2 Å². The highest BCUT2D eigenvalue weighted by Crippen LogP contribution is 2.44. The minimum absolute atomic E-state index is 0.0569. The number of allylic oxidation sites excluding steroid dienone is 2. The summed E-state index contributed by atoms with van der Waals surface area (Å²) in [6, 6.07) is 7.30. The maximum Gasteiger partial charge on any atom is 0.410 e. The lowest BCUT2D eigenvalue weighted by atomic mass is 9.85. The molecular formula is C26H32ClN3O5. The molecular weight excluding hydrogens is 470 g/mol. The van der Waals surface area contributed by atoms with E-state index in [1.165, 1.54) is 5.57 Å². The highest BCUT2D eigenvalue weighted by Gasteiger charge is 2.43. The first-order valence-electron chi connectivity index (χ1n) is 12.1. The molecule has 3 aliphatic rings. The lowest BCUT2D eigenvalue weighted by molar-refractivity contribution is -0.121. The van der Waals surface area contributed by atoms with Crippen LogP contribution in [0.15, 0.2) is 58.8 Å². The number of nitrogens with one attached hydrogen (secondary N) is 2. The van der Waals surface area contributed by atoms with Crippen LogP contribution in [0.1, 0.15) is 38.3 Å². The van der Waals surface area contributed by atoms with Gasteiger partial charge >= 0.3 is 6.09 Å². The van der Waals surface area contributed by atoms with E-state index in [9.17, 15) is 14.7 Å². The first-order valence-corrected chi connectivity index (χ1v) is 12.4. The summed E-state index contributed by atoms with van der Waals surface area (Å²) < 4.78 is 11.1. The van der Waals surface area contributed by atoms with Crippen molar-refractivity contribution in [2.24, 2.45) is 5.92 Å². The number of carbonyl (C=O) groups excluding carboxylic acids is 2. The summed E-state index contributed by atoms with van der Waals surface area (Å²) >= 11 is 6.29. The molecule has 35 heavy (non-hydrogen) atoms. The Hall–Kier alpha value is -2.97. The molecule has 4 rings (SSSR count). The Morgan fingerprint density at radius 1 is 1.29 bits per heavy atom. The van der Waals surface area contributed by atoms with Crippen LogP contribution in [-0.2, 0) is 9.53 Å². The van der Waals surface area contributed by atoms with Crippen molar-refractivity contribution in [3.63, 3.8) is 0 Å². The van der Waals surface area contributed by atoms with Crippen molar-refractivity contribution >= 4 is 23.6 Å². The number of ether oxygens (including phenoxy) is 2. The van der Waals surface area contributed by atoms with Gasteiger partial charge in [-0.1, -0.05) is 42.8 Å².